The van der Waals surface area contributed by atoms with Crippen molar-refractivity contribution in [3.8, 4) is 5.75 Å². The van der Waals surface area contributed by atoms with E-state index in [-0.39, 0.29) is 5.97 Å². The molecule has 0 bridgehead atoms. The molecule has 6 heteroatoms. The predicted octanol–water partition coefficient (Wildman–Crippen LogP) is 4.53. The number of rotatable bonds is 7. The Hall–Kier alpha value is -3.02. The van der Waals surface area contributed by atoms with Gasteiger partial charge in [-0.2, -0.15) is 0 Å². The summed E-state index contributed by atoms with van der Waals surface area (Å²) in [6.45, 7) is 8.08. The van der Waals surface area contributed by atoms with Crippen molar-refractivity contribution in [3.63, 3.8) is 0 Å². The summed E-state index contributed by atoms with van der Waals surface area (Å²) in [4.78, 5) is 23.7. The first-order chi connectivity index (χ1) is 12.9. The van der Waals surface area contributed by atoms with Crippen molar-refractivity contribution in [2.24, 2.45) is 0 Å². The van der Waals surface area contributed by atoms with Gasteiger partial charge in [-0.25, -0.2) is 9.59 Å². The molecule has 0 aromatic heterocycles. The predicted molar refractivity (Wildman–Crippen MR) is 105 cm³/mol. The fraction of sp³-hybridized carbons (Fsp3) is 0.333. The number of carbonyl (C=O) groups is 2. The molecule has 0 aliphatic rings. The lowest BCUT2D eigenvalue weighted by Crippen LogP contribution is -2.39. The number of benzene rings is 2. The van der Waals surface area contributed by atoms with Crippen LogP contribution in [0, 0.1) is 0 Å². The van der Waals surface area contributed by atoms with Gasteiger partial charge in [0.25, 0.3) is 0 Å². The molecule has 1 atom stereocenters. The first-order valence-electron chi connectivity index (χ1n) is 9.00. The van der Waals surface area contributed by atoms with Crippen LogP contribution in [0.3, 0.4) is 0 Å². The van der Waals surface area contributed by atoms with Gasteiger partial charge in [0.1, 0.15) is 5.75 Å². The Morgan fingerprint density at radius 3 is 2.15 bits per heavy atom. The van der Waals surface area contributed by atoms with E-state index in [1.54, 1.807) is 38.1 Å². The molecule has 1 unspecified atom stereocenters. The zero-order valence-corrected chi connectivity index (χ0v) is 16.1. The summed E-state index contributed by atoms with van der Waals surface area (Å²) < 4.78 is 10.6. The Balaban J connectivity index is 1.84. The third-order valence-corrected chi connectivity index (χ3v) is 3.85. The minimum absolute atomic E-state index is 0.319. The minimum Gasteiger partial charge on any atom is -0.471 e. The molecule has 0 fully saturated rings. The largest absolute Gasteiger partial charge is 0.471 e. The Labute approximate surface area is 159 Å². The van der Waals surface area contributed by atoms with E-state index in [0.717, 1.165) is 0 Å². The van der Waals surface area contributed by atoms with Crippen LogP contribution in [-0.4, -0.2) is 24.8 Å². The molecule has 2 rings (SSSR count). The summed E-state index contributed by atoms with van der Waals surface area (Å²) in [7, 11) is 0. The minimum atomic E-state index is -0.506. The van der Waals surface area contributed by atoms with Gasteiger partial charge in [-0.05, 0) is 61.7 Å². The smallest absolute Gasteiger partial charge is 0.338 e. The highest BCUT2D eigenvalue weighted by Crippen LogP contribution is 2.19. The molecular formula is C21H26N2O4. The second kappa shape index (κ2) is 9.62. The number of hydrogen-bond acceptors (Lipinski definition) is 4. The number of carbonyl (C=O) groups excluding carboxylic acids is 2. The monoisotopic (exact) mass is 370 g/mol. The molecule has 0 radical (unpaired) electrons. The third-order valence-electron chi connectivity index (χ3n) is 3.85. The number of urea groups is 1. The van der Waals surface area contributed by atoms with Crippen LogP contribution in [0.4, 0.5) is 10.5 Å². The van der Waals surface area contributed by atoms with Gasteiger partial charge in [-0.15, -0.1) is 0 Å². The SMILES string of the molecule is CCOC(=O)c1ccc(NC(=O)NC(C)Oc2ccc(C(C)C)cc2)cc1. The van der Waals surface area contributed by atoms with E-state index in [9.17, 15) is 9.59 Å². The van der Waals surface area contributed by atoms with Crippen molar-refractivity contribution in [2.45, 2.75) is 39.8 Å². The van der Waals surface area contributed by atoms with Crippen molar-refractivity contribution < 1.29 is 19.1 Å². The topological polar surface area (TPSA) is 76.7 Å². The Morgan fingerprint density at radius 1 is 0.963 bits per heavy atom. The maximum Gasteiger partial charge on any atom is 0.338 e. The lowest BCUT2D eigenvalue weighted by molar-refractivity contribution is 0.0526. The summed E-state index contributed by atoms with van der Waals surface area (Å²) in [5.41, 5.74) is 2.23. The standard InChI is InChI=1S/C21H26N2O4/c1-5-26-20(24)17-6-10-18(11-7-17)23-21(25)22-15(4)27-19-12-8-16(9-13-19)14(2)3/h6-15H,5H2,1-4H3,(H2,22,23,25). The molecular weight excluding hydrogens is 344 g/mol. The van der Waals surface area contributed by atoms with Crippen molar-refractivity contribution in [1.29, 1.82) is 0 Å². The lowest BCUT2D eigenvalue weighted by atomic mass is 10.0. The summed E-state index contributed by atoms with van der Waals surface area (Å²) >= 11 is 0. The number of esters is 1. The van der Waals surface area contributed by atoms with Crippen LogP contribution in [-0.2, 0) is 4.74 Å². The average molecular weight is 370 g/mol. The molecule has 144 valence electrons. The zero-order chi connectivity index (χ0) is 19.8. The lowest BCUT2D eigenvalue weighted by Gasteiger charge is -2.17. The molecule has 6 nitrogen and oxygen atoms in total. The average Bonchev–Trinajstić information content (AvgIpc) is 2.62. The molecule has 2 aromatic rings. The summed E-state index contributed by atoms with van der Waals surface area (Å²) in [5, 5.41) is 5.41. The van der Waals surface area contributed by atoms with Crippen LogP contribution in [0.1, 0.15) is 49.5 Å². The van der Waals surface area contributed by atoms with E-state index in [1.165, 1.54) is 5.56 Å². The third kappa shape index (κ3) is 6.33. The van der Waals surface area contributed by atoms with Gasteiger partial charge in [0.15, 0.2) is 6.23 Å². The van der Waals surface area contributed by atoms with E-state index in [0.29, 0.717) is 29.5 Å². The quantitative estimate of drug-likeness (QED) is 0.554. The van der Waals surface area contributed by atoms with E-state index in [4.69, 9.17) is 9.47 Å². The van der Waals surface area contributed by atoms with Gasteiger partial charge >= 0.3 is 12.0 Å². The summed E-state index contributed by atoms with van der Waals surface area (Å²) in [5.74, 6) is 0.751. The second-order valence-corrected chi connectivity index (χ2v) is 6.38. The molecule has 0 aliphatic carbocycles. The highest BCUT2D eigenvalue weighted by molar-refractivity contribution is 5.92. The zero-order valence-electron chi connectivity index (χ0n) is 16.1. The molecule has 2 N–H and O–H groups in total. The fourth-order valence-electron chi connectivity index (χ4n) is 2.42. The van der Waals surface area contributed by atoms with Crippen LogP contribution < -0.4 is 15.4 Å². The second-order valence-electron chi connectivity index (χ2n) is 6.38. The van der Waals surface area contributed by atoms with Gasteiger partial charge in [0.2, 0.25) is 0 Å². The molecule has 2 amide bonds. The molecule has 0 spiro atoms. The Bertz CT molecular complexity index is 755. The Kier molecular flexibility index (Phi) is 7.23. The van der Waals surface area contributed by atoms with E-state index >= 15 is 0 Å². The van der Waals surface area contributed by atoms with Crippen LogP contribution in [0.5, 0.6) is 5.75 Å². The number of anilines is 1. The highest BCUT2D eigenvalue weighted by Gasteiger charge is 2.10. The molecule has 2 aromatic carbocycles. The number of ether oxygens (including phenoxy) is 2. The first-order valence-corrected chi connectivity index (χ1v) is 9.00. The normalized spacial score (nSPS) is 11.6. The Morgan fingerprint density at radius 2 is 1.59 bits per heavy atom. The molecule has 27 heavy (non-hydrogen) atoms. The van der Waals surface area contributed by atoms with Crippen molar-refractivity contribution in [1.82, 2.24) is 5.32 Å². The van der Waals surface area contributed by atoms with E-state index in [2.05, 4.69) is 24.5 Å². The molecule has 0 heterocycles. The van der Waals surface area contributed by atoms with Gasteiger partial charge in [-0.1, -0.05) is 26.0 Å². The maximum atomic E-state index is 12.1. The molecule has 0 saturated carbocycles. The summed E-state index contributed by atoms with van der Waals surface area (Å²) in [6.07, 6.45) is -0.506. The van der Waals surface area contributed by atoms with Crippen LogP contribution >= 0.6 is 0 Å². The molecule has 0 saturated heterocycles. The van der Waals surface area contributed by atoms with Crippen LogP contribution in [0.2, 0.25) is 0 Å². The van der Waals surface area contributed by atoms with Crippen molar-refractivity contribution in [2.75, 3.05) is 11.9 Å². The van der Waals surface area contributed by atoms with Crippen LogP contribution in [0.25, 0.3) is 0 Å². The van der Waals surface area contributed by atoms with E-state index in [1.807, 2.05) is 24.3 Å². The van der Waals surface area contributed by atoms with Crippen molar-refractivity contribution >= 4 is 17.7 Å². The van der Waals surface area contributed by atoms with Gasteiger partial charge in [0, 0.05) is 5.69 Å². The summed E-state index contributed by atoms with van der Waals surface area (Å²) in [6, 6.07) is 13.9. The van der Waals surface area contributed by atoms with Crippen molar-refractivity contribution in [3.05, 3.63) is 59.7 Å². The van der Waals surface area contributed by atoms with Crippen LogP contribution in [0.15, 0.2) is 48.5 Å². The number of nitrogens with one attached hydrogen (secondary N) is 2. The maximum absolute atomic E-state index is 12.1. The first kappa shape index (κ1) is 20.3. The van der Waals surface area contributed by atoms with E-state index < -0.39 is 12.3 Å². The number of amides is 2. The van der Waals surface area contributed by atoms with Gasteiger partial charge in [0.05, 0.1) is 12.2 Å². The van der Waals surface area contributed by atoms with Gasteiger partial charge in [-0.3, -0.25) is 0 Å². The molecule has 0 aliphatic heterocycles. The van der Waals surface area contributed by atoms with Gasteiger partial charge < -0.3 is 20.1 Å². The number of hydrogen-bond donors (Lipinski definition) is 2. The fourth-order valence-corrected chi connectivity index (χ4v) is 2.42. The highest BCUT2D eigenvalue weighted by atomic mass is 16.5.